The van der Waals surface area contributed by atoms with E-state index in [1.54, 1.807) is 11.0 Å². The van der Waals surface area contributed by atoms with Gasteiger partial charge in [-0.15, -0.1) is 0 Å². The lowest BCUT2D eigenvalue weighted by Gasteiger charge is -2.25. The van der Waals surface area contributed by atoms with Gasteiger partial charge in [0.05, 0.1) is 11.3 Å². The molecule has 1 aliphatic rings. The smallest absolute Gasteiger partial charge is 0.253 e. The SMILES string of the molecule is CC(C)(C)OCC(=O)N1CCCC(=O)c2ccccc21. The molecule has 1 aromatic rings. The zero-order valence-corrected chi connectivity index (χ0v) is 12.3. The minimum absolute atomic E-state index is 0.0338. The Morgan fingerprint density at radius 1 is 1.30 bits per heavy atom. The van der Waals surface area contributed by atoms with E-state index < -0.39 is 0 Å². The van der Waals surface area contributed by atoms with Crippen LogP contribution in [0, 0.1) is 0 Å². The highest BCUT2D eigenvalue weighted by atomic mass is 16.5. The predicted molar refractivity (Wildman–Crippen MR) is 78.1 cm³/mol. The van der Waals surface area contributed by atoms with Crippen LogP contribution in [0.4, 0.5) is 5.69 Å². The molecule has 108 valence electrons. The molecule has 1 heterocycles. The van der Waals surface area contributed by atoms with Crippen molar-refractivity contribution in [3.63, 3.8) is 0 Å². The van der Waals surface area contributed by atoms with Crippen molar-refractivity contribution in [2.45, 2.75) is 39.2 Å². The van der Waals surface area contributed by atoms with Crippen molar-refractivity contribution in [1.82, 2.24) is 0 Å². The Kier molecular flexibility index (Phi) is 4.23. The Morgan fingerprint density at radius 2 is 2.00 bits per heavy atom. The van der Waals surface area contributed by atoms with Gasteiger partial charge >= 0.3 is 0 Å². The summed E-state index contributed by atoms with van der Waals surface area (Å²) in [5, 5.41) is 0. The van der Waals surface area contributed by atoms with Gasteiger partial charge in [0.2, 0.25) is 0 Å². The molecule has 0 bridgehead atoms. The van der Waals surface area contributed by atoms with Gasteiger partial charge in [0, 0.05) is 18.5 Å². The van der Waals surface area contributed by atoms with Crippen molar-refractivity contribution in [3.05, 3.63) is 29.8 Å². The summed E-state index contributed by atoms with van der Waals surface area (Å²) >= 11 is 0. The number of carbonyl (C=O) groups excluding carboxylic acids is 2. The molecule has 0 saturated carbocycles. The average Bonchev–Trinajstić information content (AvgIpc) is 2.55. The molecule has 2 rings (SSSR count). The Morgan fingerprint density at radius 3 is 2.70 bits per heavy atom. The van der Waals surface area contributed by atoms with Crippen molar-refractivity contribution < 1.29 is 14.3 Å². The zero-order valence-electron chi connectivity index (χ0n) is 12.3. The summed E-state index contributed by atoms with van der Waals surface area (Å²) in [4.78, 5) is 26.1. The first kappa shape index (κ1) is 14.7. The Labute approximate surface area is 119 Å². The molecule has 1 aliphatic heterocycles. The van der Waals surface area contributed by atoms with Gasteiger partial charge in [-0.05, 0) is 39.3 Å². The second-order valence-electron chi connectivity index (χ2n) is 5.99. The summed E-state index contributed by atoms with van der Waals surface area (Å²) in [6.45, 7) is 6.35. The average molecular weight is 275 g/mol. The van der Waals surface area contributed by atoms with E-state index in [9.17, 15) is 9.59 Å². The standard InChI is InChI=1S/C16H21NO3/c1-16(2,3)20-11-15(19)17-10-6-9-14(18)12-7-4-5-8-13(12)17/h4-5,7-8H,6,9-11H2,1-3H3. The number of amides is 1. The van der Waals surface area contributed by atoms with Crippen LogP contribution in [0.5, 0.6) is 0 Å². The lowest BCUT2D eigenvalue weighted by molar-refractivity contribution is -0.127. The molecule has 0 fully saturated rings. The van der Waals surface area contributed by atoms with Gasteiger partial charge in [-0.1, -0.05) is 12.1 Å². The summed E-state index contributed by atoms with van der Waals surface area (Å²) in [6.07, 6.45) is 1.18. The van der Waals surface area contributed by atoms with Crippen LogP contribution in [0.25, 0.3) is 0 Å². The van der Waals surface area contributed by atoms with Gasteiger partial charge < -0.3 is 9.64 Å². The zero-order chi connectivity index (χ0) is 14.8. The normalized spacial score (nSPS) is 15.8. The maximum Gasteiger partial charge on any atom is 0.253 e. The quantitative estimate of drug-likeness (QED) is 0.833. The van der Waals surface area contributed by atoms with E-state index in [-0.39, 0.29) is 23.9 Å². The maximum absolute atomic E-state index is 12.4. The first-order valence-electron chi connectivity index (χ1n) is 6.95. The fraction of sp³-hybridized carbons (Fsp3) is 0.500. The number of anilines is 1. The third kappa shape index (κ3) is 3.45. The van der Waals surface area contributed by atoms with E-state index in [1.165, 1.54) is 0 Å². The number of fused-ring (bicyclic) bond motifs is 1. The number of ketones is 1. The van der Waals surface area contributed by atoms with E-state index in [4.69, 9.17) is 4.74 Å². The van der Waals surface area contributed by atoms with E-state index >= 15 is 0 Å². The summed E-state index contributed by atoms with van der Waals surface area (Å²) in [7, 11) is 0. The first-order valence-corrected chi connectivity index (χ1v) is 6.95. The highest BCUT2D eigenvalue weighted by molar-refractivity contribution is 6.06. The number of nitrogens with zero attached hydrogens (tertiary/aromatic N) is 1. The van der Waals surface area contributed by atoms with Crippen LogP contribution in [-0.4, -0.2) is 30.4 Å². The summed E-state index contributed by atoms with van der Waals surface area (Å²) in [5.74, 6) is 0.00900. The number of para-hydroxylation sites is 1. The third-order valence-electron chi connectivity index (χ3n) is 3.21. The van der Waals surface area contributed by atoms with Gasteiger partial charge in [0.25, 0.3) is 5.91 Å². The molecule has 1 amide bonds. The van der Waals surface area contributed by atoms with Crippen molar-refractivity contribution in [1.29, 1.82) is 0 Å². The number of carbonyl (C=O) groups is 2. The molecular formula is C16H21NO3. The first-order chi connectivity index (χ1) is 9.38. The molecule has 0 spiro atoms. The van der Waals surface area contributed by atoms with E-state index in [0.29, 0.717) is 30.6 Å². The minimum Gasteiger partial charge on any atom is -0.366 e. The maximum atomic E-state index is 12.4. The number of hydrogen-bond donors (Lipinski definition) is 0. The largest absolute Gasteiger partial charge is 0.366 e. The van der Waals surface area contributed by atoms with Crippen LogP contribution in [0.15, 0.2) is 24.3 Å². The molecule has 0 unspecified atom stereocenters. The van der Waals surface area contributed by atoms with Crippen molar-refractivity contribution in [2.75, 3.05) is 18.1 Å². The molecule has 0 aromatic heterocycles. The summed E-state index contributed by atoms with van der Waals surface area (Å²) < 4.78 is 5.55. The van der Waals surface area contributed by atoms with Gasteiger partial charge in [-0.2, -0.15) is 0 Å². The van der Waals surface area contributed by atoms with Crippen LogP contribution in [0.1, 0.15) is 44.0 Å². The minimum atomic E-state index is -0.350. The van der Waals surface area contributed by atoms with Crippen molar-refractivity contribution >= 4 is 17.4 Å². The summed E-state index contributed by atoms with van der Waals surface area (Å²) in [5.41, 5.74) is 0.989. The monoisotopic (exact) mass is 275 g/mol. The Hall–Kier alpha value is -1.68. The molecule has 0 atom stereocenters. The molecular weight excluding hydrogens is 254 g/mol. The van der Waals surface area contributed by atoms with Crippen LogP contribution in [0.2, 0.25) is 0 Å². The summed E-state index contributed by atoms with van der Waals surface area (Å²) in [6, 6.07) is 7.29. The molecule has 0 N–H and O–H groups in total. The lowest BCUT2D eigenvalue weighted by atomic mass is 10.1. The molecule has 4 nitrogen and oxygen atoms in total. The highest BCUT2D eigenvalue weighted by Gasteiger charge is 2.25. The van der Waals surface area contributed by atoms with E-state index in [1.807, 2.05) is 39.0 Å². The van der Waals surface area contributed by atoms with Crippen LogP contribution >= 0.6 is 0 Å². The van der Waals surface area contributed by atoms with E-state index in [0.717, 1.165) is 0 Å². The van der Waals surface area contributed by atoms with Gasteiger partial charge in [0.15, 0.2) is 5.78 Å². The fourth-order valence-electron chi connectivity index (χ4n) is 2.21. The topological polar surface area (TPSA) is 46.6 Å². The van der Waals surface area contributed by atoms with Gasteiger partial charge in [-0.25, -0.2) is 0 Å². The molecule has 0 saturated heterocycles. The number of benzene rings is 1. The number of ether oxygens (including phenoxy) is 1. The molecule has 1 aromatic carbocycles. The van der Waals surface area contributed by atoms with Crippen molar-refractivity contribution in [3.8, 4) is 0 Å². The van der Waals surface area contributed by atoms with Crippen LogP contribution < -0.4 is 4.90 Å². The molecule has 0 radical (unpaired) electrons. The van der Waals surface area contributed by atoms with Crippen molar-refractivity contribution in [2.24, 2.45) is 0 Å². The van der Waals surface area contributed by atoms with E-state index in [2.05, 4.69) is 0 Å². The van der Waals surface area contributed by atoms with Crippen LogP contribution in [0.3, 0.4) is 0 Å². The third-order valence-corrected chi connectivity index (χ3v) is 3.21. The second kappa shape index (κ2) is 5.75. The Bertz CT molecular complexity index is 517. The number of Topliss-reactive ketones (excluding diaryl/α,β-unsaturated/α-hetero) is 1. The second-order valence-corrected chi connectivity index (χ2v) is 5.99. The van der Waals surface area contributed by atoms with Gasteiger partial charge in [0.1, 0.15) is 6.61 Å². The molecule has 0 aliphatic carbocycles. The number of hydrogen-bond acceptors (Lipinski definition) is 3. The number of rotatable bonds is 2. The molecule has 20 heavy (non-hydrogen) atoms. The lowest BCUT2D eigenvalue weighted by Crippen LogP contribution is -2.37. The predicted octanol–water partition coefficient (Wildman–Crippen LogP) is 2.81. The Balaban J connectivity index is 2.21. The fourth-order valence-corrected chi connectivity index (χ4v) is 2.21. The highest BCUT2D eigenvalue weighted by Crippen LogP contribution is 2.26. The van der Waals surface area contributed by atoms with Crippen LogP contribution in [-0.2, 0) is 9.53 Å². The molecule has 4 heteroatoms. The van der Waals surface area contributed by atoms with Gasteiger partial charge in [-0.3, -0.25) is 9.59 Å².